The number of sulfonamides is 1. The van der Waals surface area contributed by atoms with Gasteiger partial charge in [0.2, 0.25) is 6.41 Å². The van der Waals surface area contributed by atoms with Crippen LogP contribution in [0.3, 0.4) is 0 Å². The van der Waals surface area contributed by atoms with Gasteiger partial charge in [-0.15, -0.1) is 0 Å². The molecule has 9 heteroatoms. The molecule has 0 atom stereocenters. The van der Waals surface area contributed by atoms with Gasteiger partial charge < -0.3 is 4.74 Å². The van der Waals surface area contributed by atoms with Crippen molar-refractivity contribution in [3.05, 3.63) is 54.9 Å². The SMILES string of the molecule is C=C(C)NN(C=O)c1ccc(NS(=O)(=O)c2ccc(OC)cc2)cn1.CC. The van der Waals surface area contributed by atoms with Crippen LogP contribution in [0.5, 0.6) is 5.75 Å². The normalized spacial score (nSPS) is 10.1. The summed E-state index contributed by atoms with van der Waals surface area (Å²) in [6.07, 6.45) is 1.85. The summed E-state index contributed by atoms with van der Waals surface area (Å²) in [6, 6.07) is 8.99. The van der Waals surface area contributed by atoms with Crippen molar-refractivity contribution in [2.45, 2.75) is 25.7 Å². The van der Waals surface area contributed by atoms with Gasteiger partial charge in [-0.2, -0.15) is 0 Å². The molecule has 1 aromatic carbocycles. The topological polar surface area (TPSA) is 101 Å². The maximum Gasteiger partial charge on any atom is 0.261 e. The van der Waals surface area contributed by atoms with E-state index in [9.17, 15) is 13.2 Å². The summed E-state index contributed by atoms with van der Waals surface area (Å²) in [5.74, 6) is 0.856. The van der Waals surface area contributed by atoms with Crippen LogP contribution >= 0.6 is 0 Å². The molecule has 0 radical (unpaired) electrons. The summed E-state index contributed by atoms with van der Waals surface area (Å²) in [4.78, 5) is 15.2. The number of rotatable bonds is 8. The van der Waals surface area contributed by atoms with E-state index in [-0.39, 0.29) is 10.6 Å². The van der Waals surface area contributed by atoms with Crippen molar-refractivity contribution in [1.82, 2.24) is 10.4 Å². The average molecular weight is 392 g/mol. The average Bonchev–Trinajstić information content (AvgIpc) is 2.68. The Labute approximate surface area is 159 Å². The number of pyridine rings is 1. The lowest BCUT2D eigenvalue weighted by atomic mass is 10.3. The Bertz CT molecular complexity index is 850. The maximum absolute atomic E-state index is 12.4. The molecule has 8 nitrogen and oxygen atoms in total. The highest BCUT2D eigenvalue weighted by Crippen LogP contribution is 2.19. The first-order valence-electron chi connectivity index (χ1n) is 8.15. The van der Waals surface area contributed by atoms with Crippen LogP contribution in [0.4, 0.5) is 11.5 Å². The first-order chi connectivity index (χ1) is 12.9. The zero-order valence-corrected chi connectivity index (χ0v) is 16.6. The Balaban J connectivity index is 0.00000176. The van der Waals surface area contributed by atoms with E-state index in [0.717, 1.165) is 5.01 Å². The molecule has 27 heavy (non-hydrogen) atoms. The summed E-state index contributed by atoms with van der Waals surface area (Å²) in [6.45, 7) is 9.33. The standard InChI is InChI=1S/C16H18N4O4S.C2H6/c1-12(2)18-20(11-21)16-9-4-13(10-17-16)19-25(22,23)15-7-5-14(24-3)6-8-15;1-2/h4-11,18-19H,1H2,2-3H3;1-2H3. The smallest absolute Gasteiger partial charge is 0.261 e. The van der Waals surface area contributed by atoms with E-state index in [0.29, 0.717) is 23.7 Å². The summed E-state index contributed by atoms with van der Waals surface area (Å²) in [5, 5.41) is 1.13. The van der Waals surface area contributed by atoms with Crippen molar-refractivity contribution in [2.24, 2.45) is 0 Å². The van der Waals surface area contributed by atoms with Crippen LogP contribution in [0.1, 0.15) is 20.8 Å². The lowest BCUT2D eigenvalue weighted by Gasteiger charge is -2.18. The molecule has 0 saturated carbocycles. The molecule has 0 aliphatic heterocycles. The van der Waals surface area contributed by atoms with Gasteiger partial charge >= 0.3 is 0 Å². The van der Waals surface area contributed by atoms with Crippen molar-refractivity contribution >= 4 is 27.9 Å². The van der Waals surface area contributed by atoms with Crippen LogP contribution in [0, 0.1) is 0 Å². The highest BCUT2D eigenvalue weighted by Gasteiger charge is 2.15. The summed E-state index contributed by atoms with van der Waals surface area (Å²) in [7, 11) is -2.25. The van der Waals surface area contributed by atoms with E-state index in [1.165, 1.54) is 37.6 Å². The zero-order valence-electron chi connectivity index (χ0n) is 15.8. The molecule has 1 amide bonds. The number of carbonyl (C=O) groups excluding carboxylic acids is 1. The Morgan fingerprint density at radius 3 is 2.26 bits per heavy atom. The molecule has 0 fully saturated rings. The molecule has 0 aliphatic rings. The molecule has 0 saturated heterocycles. The van der Waals surface area contributed by atoms with Crippen molar-refractivity contribution in [3.8, 4) is 5.75 Å². The quantitative estimate of drug-likeness (QED) is 0.529. The largest absolute Gasteiger partial charge is 0.497 e. The third-order valence-corrected chi connectivity index (χ3v) is 4.43. The number of ether oxygens (including phenoxy) is 1. The summed E-state index contributed by atoms with van der Waals surface area (Å²) < 4.78 is 32.1. The molecule has 0 bridgehead atoms. The molecule has 2 rings (SSSR count). The third-order valence-electron chi connectivity index (χ3n) is 3.03. The second kappa shape index (κ2) is 10.2. The molecule has 0 spiro atoms. The molecule has 2 aromatic rings. The van der Waals surface area contributed by atoms with E-state index < -0.39 is 10.0 Å². The fourth-order valence-electron chi connectivity index (χ4n) is 1.90. The van der Waals surface area contributed by atoms with E-state index in [2.05, 4.69) is 21.7 Å². The summed E-state index contributed by atoms with van der Waals surface area (Å²) >= 11 is 0. The fourth-order valence-corrected chi connectivity index (χ4v) is 2.94. The summed E-state index contributed by atoms with van der Waals surface area (Å²) in [5.41, 5.74) is 3.53. The minimum atomic E-state index is -3.75. The molecule has 0 unspecified atom stereocenters. The number of nitrogens with one attached hydrogen (secondary N) is 2. The van der Waals surface area contributed by atoms with Crippen LogP contribution in [0.15, 0.2) is 59.8 Å². The Kier molecular flexibility index (Phi) is 8.28. The number of anilines is 2. The molecular formula is C18H24N4O4S. The fraction of sp³-hybridized carbons (Fsp3) is 0.222. The predicted octanol–water partition coefficient (Wildman–Crippen LogP) is 2.92. The molecule has 2 N–H and O–H groups in total. The van der Waals surface area contributed by atoms with Crippen LogP contribution in [0.2, 0.25) is 0 Å². The van der Waals surface area contributed by atoms with Crippen LogP contribution in [-0.2, 0) is 14.8 Å². The number of hydrogen-bond donors (Lipinski definition) is 2. The molecule has 146 valence electrons. The van der Waals surface area contributed by atoms with Crippen molar-refractivity contribution in [2.75, 3.05) is 16.8 Å². The molecule has 0 aliphatic carbocycles. The van der Waals surface area contributed by atoms with Crippen molar-refractivity contribution in [3.63, 3.8) is 0 Å². The van der Waals surface area contributed by atoms with E-state index >= 15 is 0 Å². The van der Waals surface area contributed by atoms with Gasteiger partial charge in [-0.1, -0.05) is 20.4 Å². The van der Waals surface area contributed by atoms with Gasteiger partial charge in [0, 0.05) is 5.70 Å². The van der Waals surface area contributed by atoms with Crippen molar-refractivity contribution < 1.29 is 17.9 Å². The predicted molar refractivity (Wildman–Crippen MR) is 106 cm³/mol. The van der Waals surface area contributed by atoms with E-state index in [1.54, 1.807) is 19.1 Å². The number of nitrogens with zero attached hydrogens (tertiary/aromatic N) is 2. The second-order valence-electron chi connectivity index (χ2n) is 5.05. The number of benzene rings is 1. The Morgan fingerprint density at radius 1 is 1.19 bits per heavy atom. The number of amides is 1. The van der Waals surface area contributed by atoms with Gasteiger partial charge in [0.05, 0.1) is 23.9 Å². The first-order valence-corrected chi connectivity index (χ1v) is 9.63. The van der Waals surface area contributed by atoms with Gasteiger partial charge in [-0.05, 0) is 43.3 Å². The van der Waals surface area contributed by atoms with Gasteiger partial charge in [0.15, 0.2) is 5.82 Å². The highest BCUT2D eigenvalue weighted by atomic mass is 32.2. The Morgan fingerprint density at radius 2 is 1.81 bits per heavy atom. The van der Waals surface area contributed by atoms with Crippen LogP contribution < -0.4 is 19.9 Å². The maximum atomic E-state index is 12.4. The van der Waals surface area contributed by atoms with Crippen molar-refractivity contribution in [1.29, 1.82) is 0 Å². The van der Waals surface area contributed by atoms with E-state index in [4.69, 9.17) is 4.74 Å². The highest BCUT2D eigenvalue weighted by molar-refractivity contribution is 7.92. The van der Waals surface area contributed by atoms with E-state index in [1.807, 2.05) is 13.8 Å². The number of carbonyl (C=O) groups is 1. The Hall–Kier alpha value is -3.07. The number of hydrogen-bond acceptors (Lipinski definition) is 6. The lowest BCUT2D eigenvalue weighted by Crippen LogP contribution is -2.35. The van der Waals surface area contributed by atoms with Gasteiger partial charge in [0.1, 0.15) is 5.75 Å². The molecular weight excluding hydrogens is 368 g/mol. The zero-order chi connectivity index (χ0) is 20.4. The monoisotopic (exact) mass is 392 g/mol. The first kappa shape index (κ1) is 22.0. The van der Waals surface area contributed by atoms with Gasteiger partial charge in [-0.3, -0.25) is 14.9 Å². The molecule has 1 aromatic heterocycles. The second-order valence-corrected chi connectivity index (χ2v) is 6.74. The van der Waals surface area contributed by atoms with Crippen LogP contribution in [-0.4, -0.2) is 26.9 Å². The number of methoxy groups -OCH3 is 1. The third kappa shape index (κ3) is 6.30. The number of allylic oxidation sites excluding steroid dienone is 1. The van der Waals surface area contributed by atoms with Crippen LogP contribution in [0.25, 0.3) is 0 Å². The number of hydrazine groups is 1. The lowest BCUT2D eigenvalue weighted by molar-refractivity contribution is -0.108. The minimum Gasteiger partial charge on any atom is -0.497 e. The molecule has 1 heterocycles. The van der Waals surface area contributed by atoms with Gasteiger partial charge in [0.25, 0.3) is 10.0 Å². The van der Waals surface area contributed by atoms with Gasteiger partial charge in [-0.25, -0.2) is 18.4 Å². The minimum absolute atomic E-state index is 0.0934. The number of aromatic nitrogens is 1.